The highest BCUT2D eigenvalue weighted by Gasteiger charge is 2.65. The molecule has 20 heavy (non-hydrogen) atoms. The summed E-state index contributed by atoms with van der Waals surface area (Å²) < 4.78 is 0. The minimum absolute atomic E-state index is 0.0855. The number of hydrogen-bond donors (Lipinski definition) is 2. The predicted molar refractivity (Wildman–Crippen MR) is 75.6 cm³/mol. The molecule has 2 aliphatic carbocycles. The molecule has 2 saturated carbocycles. The maximum Gasteiger partial charge on any atom is 0.310 e. The highest BCUT2D eigenvalue weighted by atomic mass is 16.4. The van der Waals surface area contributed by atoms with E-state index in [-0.39, 0.29) is 11.5 Å². The van der Waals surface area contributed by atoms with Crippen LogP contribution < -0.4 is 5.32 Å². The Labute approximate surface area is 118 Å². The van der Waals surface area contributed by atoms with Crippen molar-refractivity contribution in [3.63, 3.8) is 0 Å². The lowest BCUT2D eigenvalue weighted by Crippen LogP contribution is -2.24. The van der Waals surface area contributed by atoms with Crippen molar-refractivity contribution >= 4 is 11.8 Å². The summed E-state index contributed by atoms with van der Waals surface area (Å²) in [5.74, 6) is 1.32. The molecule has 108 valence electrons. The number of hydrogen-bond acceptors (Lipinski definition) is 4. The number of rotatable bonds is 3. The standard InChI is InChI=1S/C15H21N3O2/c1-14(2,3)12-16-5-4-11(18-12)17-10-6-9-7-15(9,8-10)13(19)20/h4-5,9-10H,6-8H2,1-3H3,(H,19,20)(H,16,17,18)/t9-,10+,15+/m0/s1. The van der Waals surface area contributed by atoms with Gasteiger partial charge in [0.05, 0.1) is 5.41 Å². The zero-order chi connectivity index (χ0) is 14.5. The Balaban J connectivity index is 1.70. The van der Waals surface area contributed by atoms with Crippen LogP contribution in [0.4, 0.5) is 5.82 Å². The van der Waals surface area contributed by atoms with E-state index in [9.17, 15) is 9.90 Å². The van der Waals surface area contributed by atoms with Gasteiger partial charge in [0.1, 0.15) is 11.6 Å². The van der Waals surface area contributed by atoms with Crippen LogP contribution in [-0.2, 0) is 10.2 Å². The lowest BCUT2D eigenvalue weighted by molar-refractivity contribution is -0.143. The molecule has 0 amide bonds. The zero-order valence-electron chi connectivity index (χ0n) is 12.2. The molecule has 0 aliphatic heterocycles. The molecule has 0 radical (unpaired) electrons. The summed E-state index contributed by atoms with van der Waals surface area (Å²) in [5.41, 5.74) is -0.532. The maximum absolute atomic E-state index is 11.3. The molecule has 0 spiro atoms. The molecular weight excluding hydrogens is 254 g/mol. The first-order chi connectivity index (χ1) is 9.31. The maximum atomic E-state index is 11.3. The number of carbonyl (C=O) groups is 1. The van der Waals surface area contributed by atoms with Gasteiger partial charge in [-0.15, -0.1) is 0 Å². The summed E-state index contributed by atoms with van der Waals surface area (Å²) in [6.45, 7) is 6.24. The first-order valence-electron chi connectivity index (χ1n) is 7.15. The van der Waals surface area contributed by atoms with Gasteiger partial charge in [0.25, 0.3) is 0 Å². The normalized spacial score (nSPS) is 31.8. The summed E-state index contributed by atoms with van der Waals surface area (Å²) in [4.78, 5) is 20.1. The summed E-state index contributed by atoms with van der Waals surface area (Å²) in [6, 6.07) is 2.07. The Bertz CT molecular complexity index is 552. The van der Waals surface area contributed by atoms with Crippen LogP contribution >= 0.6 is 0 Å². The van der Waals surface area contributed by atoms with Crippen molar-refractivity contribution in [3.05, 3.63) is 18.1 Å². The number of aliphatic carboxylic acids is 1. The fourth-order valence-electron chi connectivity index (χ4n) is 3.27. The van der Waals surface area contributed by atoms with E-state index in [4.69, 9.17) is 0 Å². The largest absolute Gasteiger partial charge is 0.481 e. The van der Waals surface area contributed by atoms with Gasteiger partial charge in [-0.2, -0.15) is 0 Å². The Morgan fingerprint density at radius 1 is 1.45 bits per heavy atom. The molecule has 0 unspecified atom stereocenters. The van der Waals surface area contributed by atoms with Gasteiger partial charge in [-0.25, -0.2) is 9.97 Å². The summed E-state index contributed by atoms with van der Waals surface area (Å²) in [6.07, 6.45) is 4.25. The van der Waals surface area contributed by atoms with Crippen molar-refractivity contribution in [3.8, 4) is 0 Å². The average molecular weight is 275 g/mol. The van der Waals surface area contributed by atoms with E-state index in [0.717, 1.165) is 24.5 Å². The third kappa shape index (κ3) is 2.15. The van der Waals surface area contributed by atoms with E-state index >= 15 is 0 Å². The first kappa shape index (κ1) is 13.3. The van der Waals surface area contributed by atoms with Crippen LogP contribution in [0, 0.1) is 11.3 Å². The van der Waals surface area contributed by atoms with Crippen molar-refractivity contribution in [1.82, 2.24) is 9.97 Å². The van der Waals surface area contributed by atoms with Gasteiger partial charge in [-0.1, -0.05) is 20.8 Å². The second kappa shape index (κ2) is 4.17. The molecule has 0 bridgehead atoms. The quantitative estimate of drug-likeness (QED) is 0.886. The highest BCUT2D eigenvalue weighted by Crippen LogP contribution is 2.63. The van der Waals surface area contributed by atoms with Crippen molar-refractivity contribution in [1.29, 1.82) is 0 Å². The molecule has 5 heteroatoms. The highest BCUT2D eigenvalue weighted by molar-refractivity contribution is 5.79. The average Bonchev–Trinajstić information content (AvgIpc) is 2.93. The van der Waals surface area contributed by atoms with Gasteiger partial charge in [0.15, 0.2) is 0 Å². The van der Waals surface area contributed by atoms with Gasteiger partial charge < -0.3 is 10.4 Å². The van der Waals surface area contributed by atoms with Crippen LogP contribution in [0.1, 0.15) is 45.9 Å². The Morgan fingerprint density at radius 3 is 2.80 bits per heavy atom. The number of carboxylic acids is 1. The van der Waals surface area contributed by atoms with Gasteiger partial charge in [0.2, 0.25) is 0 Å². The fourth-order valence-corrected chi connectivity index (χ4v) is 3.27. The molecular formula is C15H21N3O2. The van der Waals surface area contributed by atoms with Crippen LogP contribution in [0.5, 0.6) is 0 Å². The first-order valence-corrected chi connectivity index (χ1v) is 7.15. The zero-order valence-corrected chi connectivity index (χ0v) is 12.2. The van der Waals surface area contributed by atoms with Crippen molar-refractivity contribution < 1.29 is 9.90 Å². The Kier molecular flexibility index (Phi) is 2.78. The van der Waals surface area contributed by atoms with E-state index in [1.807, 2.05) is 6.07 Å². The van der Waals surface area contributed by atoms with E-state index in [1.165, 1.54) is 0 Å². The molecule has 0 aromatic carbocycles. The minimum Gasteiger partial charge on any atom is -0.481 e. The summed E-state index contributed by atoms with van der Waals surface area (Å²) in [7, 11) is 0. The van der Waals surface area contributed by atoms with Crippen molar-refractivity contribution in [2.75, 3.05) is 5.32 Å². The SMILES string of the molecule is CC(C)(C)c1nccc(N[C@@H]2C[C@H]3C[C@@]3(C(=O)O)C2)n1. The van der Waals surface area contributed by atoms with Crippen molar-refractivity contribution in [2.45, 2.75) is 51.5 Å². The van der Waals surface area contributed by atoms with Gasteiger partial charge in [0, 0.05) is 17.7 Å². The second-order valence-electron chi connectivity index (χ2n) is 7.16. The number of fused-ring (bicyclic) bond motifs is 1. The molecule has 1 heterocycles. The van der Waals surface area contributed by atoms with Crippen LogP contribution in [-0.4, -0.2) is 27.1 Å². The number of carboxylic acid groups (broad SMARTS) is 1. The molecule has 3 rings (SSSR count). The molecule has 3 atom stereocenters. The molecule has 2 aliphatic rings. The minimum atomic E-state index is -0.634. The van der Waals surface area contributed by atoms with E-state index in [0.29, 0.717) is 12.3 Å². The van der Waals surface area contributed by atoms with Crippen LogP contribution in [0.25, 0.3) is 0 Å². The monoisotopic (exact) mass is 275 g/mol. The van der Waals surface area contributed by atoms with Gasteiger partial charge >= 0.3 is 5.97 Å². The van der Waals surface area contributed by atoms with Gasteiger partial charge in [-0.05, 0) is 31.2 Å². The Hall–Kier alpha value is -1.65. The molecule has 2 fully saturated rings. The van der Waals surface area contributed by atoms with E-state index in [1.54, 1.807) is 6.20 Å². The third-order valence-corrected chi connectivity index (χ3v) is 4.52. The number of aromatic nitrogens is 2. The van der Waals surface area contributed by atoms with E-state index in [2.05, 4.69) is 36.1 Å². The molecule has 0 saturated heterocycles. The summed E-state index contributed by atoms with van der Waals surface area (Å²) >= 11 is 0. The number of anilines is 1. The molecule has 1 aromatic heterocycles. The van der Waals surface area contributed by atoms with Gasteiger partial charge in [-0.3, -0.25) is 4.79 Å². The fraction of sp³-hybridized carbons (Fsp3) is 0.667. The second-order valence-corrected chi connectivity index (χ2v) is 7.16. The number of nitrogens with one attached hydrogen (secondary N) is 1. The van der Waals surface area contributed by atoms with Crippen LogP contribution in [0.15, 0.2) is 12.3 Å². The lowest BCUT2D eigenvalue weighted by atomic mass is 9.96. The summed E-state index contributed by atoms with van der Waals surface area (Å²) in [5, 5.41) is 12.7. The molecule has 2 N–H and O–H groups in total. The Morgan fingerprint density at radius 2 is 2.20 bits per heavy atom. The molecule has 5 nitrogen and oxygen atoms in total. The predicted octanol–water partition coefficient (Wildman–Crippen LogP) is 2.44. The van der Waals surface area contributed by atoms with Crippen LogP contribution in [0.3, 0.4) is 0 Å². The van der Waals surface area contributed by atoms with Crippen LogP contribution in [0.2, 0.25) is 0 Å². The smallest absolute Gasteiger partial charge is 0.310 e. The lowest BCUT2D eigenvalue weighted by Gasteiger charge is -2.20. The third-order valence-electron chi connectivity index (χ3n) is 4.52. The molecule has 1 aromatic rings. The van der Waals surface area contributed by atoms with E-state index < -0.39 is 11.4 Å². The van der Waals surface area contributed by atoms with Crippen molar-refractivity contribution in [2.24, 2.45) is 11.3 Å². The topological polar surface area (TPSA) is 75.1 Å². The number of nitrogens with zero attached hydrogens (tertiary/aromatic N) is 2.